The Kier molecular flexibility index (Phi) is 3.65. The molecule has 104 valence electrons. The van der Waals surface area contributed by atoms with Crippen LogP contribution in [-0.4, -0.2) is 34.5 Å². The van der Waals surface area contributed by atoms with Gasteiger partial charge in [0.25, 0.3) is 0 Å². The molecule has 2 N–H and O–H groups in total. The van der Waals surface area contributed by atoms with Crippen LogP contribution in [-0.2, 0) is 12.8 Å². The zero-order chi connectivity index (χ0) is 13.9. The second-order valence-corrected chi connectivity index (χ2v) is 5.15. The number of benzene rings is 1. The van der Waals surface area contributed by atoms with E-state index in [2.05, 4.69) is 16.8 Å². The summed E-state index contributed by atoms with van der Waals surface area (Å²) in [4.78, 5) is 11.8. The Hall–Kier alpha value is -1.94. The Morgan fingerprint density at radius 2 is 1.70 bits per heavy atom. The summed E-state index contributed by atoms with van der Waals surface area (Å²) in [5.41, 5.74) is 10.1. The van der Waals surface area contributed by atoms with E-state index in [9.17, 15) is 0 Å². The molecule has 4 heteroatoms. The lowest BCUT2D eigenvalue weighted by molar-refractivity contribution is 0.302. The Balaban J connectivity index is 1.98. The minimum absolute atomic E-state index is 0.542. The highest BCUT2D eigenvalue weighted by molar-refractivity contribution is 5.69. The van der Waals surface area contributed by atoms with Crippen molar-refractivity contribution in [3.05, 3.63) is 41.7 Å². The van der Waals surface area contributed by atoms with Gasteiger partial charge in [-0.3, -0.25) is 0 Å². The molecule has 0 bridgehead atoms. The molecular formula is C16H20N4. The third kappa shape index (κ3) is 2.51. The molecule has 0 fully saturated rings. The van der Waals surface area contributed by atoms with Crippen LogP contribution in [0.1, 0.15) is 18.3 Å². The molecule has 3 rings (SSSR count). The van der Waals surface area contributed by atoms with Gasteiger partial charge in [0, 0.05) is 31.5 Å². The molecule has 0 unspecified atom stereocenters. The van der Waals surface area contributed by atoms with Crippen molar-refractivity contribution in [1.29, 1.82) is 0 Å². The van der Waals surface area contributed by atoms with Crippen molar-refractivity contribution in [3.63, 3.8) is 0 Å². The first-order chi connectivity index (χ1) is 9.78. The highest BCUT2D eigenvalue weighted by Crippen LogP contribution is 2.24. The fraction of sp³-hybridized carbons (Fsp3) is 0.375. The van der Waals surface area contributed by atoms with Crippen molar-refractivity contribution in [2.75, 3.05) is 25.4 Å². The number of nitrogen functional groups attached to an aromatic ring is 1. The van der Waals surface area contributed by atoms with Gasteiger partial charge in [-0.15, -0.1) is 0 Å². The quantitative estimate of drug-likeness (QED) is 0.906. The normalized spacial score (nSPS) is 15.7. The van der Waals surface area contributed by atoms with Crippen molar-refractivity contribution in [2.24, 2.45) is 0 Å². The summed E-state index contributed by atoms with van der Waals surface area (Å²) in [5.74, 6) is 0.542. The lowest BCUT2D eigenvalue weighted by Gasteiger charge is -2.15. The minimum Gasteiger partial charge on any atom is -0.382 e. The molecule has 1 aromatic heterocycles. The Morgan fingerprint density at radius 1 is 1.05 bits per heavy atom. The first kappa shape index (κ1) is 13.1. The SMILES string of the molecule is CCN1CCc2nc(N)c(-c3ccccc3)nc2CC1. The van der Waals surface area contributed by atoms with Crippen LogP contribution in [0.2, 0.25) is 0 Å². The van der Waals surface area contributed by atoms with Crippen LogP contribution in [0.3, 0.4) is 0 Å². The maximum absolute atomic E-state index is 6.11. The highest BCUT2D eigenvalue weighted by atomic mass is 15.1. The molecule has 0 radical (unpaired) electrons. The molecule has 2 aromatic rings. The molecule has 1 aliphatic heterocycles. The molecule has 0 aliphatic carbocycles. The van der Waals surface area contributed by atoms with Gasteiger partial charge < -0.3 is 10.6 Å². The molecule has 20 heavy (non-hydrogen) atoms. The largest absolute Gasteiger partial charge is 0.382 e. The van der Waals surface area contributed by atoms with Gasteiger partial charge in [0.05, 0.1) is 11.4 Å². The van der Waals surface area contributed by atoms with E-state index in [4.69, 9.17) is 10.7 Å². The van der Waals surface area contributed by atoms with Gasteiger partial charge in [-0.1, -0.05) is 37.3 Å². The maximum Gasteiger partial charge on any atom is 0.150 e. The van der Waals surface area contributed by atoms with Crippen LogP contribution < -0.4 is 5.73 Å². The van der Waals surface area contributed by atoms with E-state index in [0.717, 1.165) is 55.1 Å². The number of hydrogen-bond donors (Lipinski definition) is 1. The minimum atomic E-state index is 0.542. The molecule has 0 amide bonds. The highest BCUT2D eigenvalue weighted by Gasteiger charge is 2.18. The summed E-state index contributed by atoms with van der Waals surface area (Å²) in [6.45, 7) is 5.37. The molecule has 0 atom stereocenters. The Bertz CT molecular complexity index is 595. The number of likely N-dealkylation sites (N-methyl/N-ethyl adjacent to an activating group) is 1. The third-order valence-electron chi connectivity index (χ3n) is 3.90. The second-order valence-electron chi connectivity index (χ2n) is 5.15. The average molecular weight is 268 g/mol. The van der Waals surface area contributed by atoms with E-state index in [0.29, 0.717) is 5.82 Å². The number of anilines is 1. The van der Waals surface area contributed by atoms with Gasteiger partial charge in [-0.2, -0.15) is 0 Å². The number of nitrogens with zero attached hydrogens (tertiary/aromatic N) is 3. The predicted molar refractivity (Wildman–Crippen MR) is 81.4 cm³/mol. The van der Waals surface area contributed by atoms with Gasteiger partial charge in [0.2, 0.25) is 0 Å². The molecule has 4 nitrogen and oxygen atoms in total. The third-order valence-corrected chi connectivity index (χ3v) is 3.90. The lowest BCUT2D eigenvalue weighted by atomic mass is 10.1. The summed E-state index contributed by atoms with van der Waals surface area (Å²) in [6.07, 6.45) is 1.89. The van der Waals surface area contributed by atoms with Crippen LogP contribution in [0.15, 0.2) is 30.3 Å². The van der Waals surface area contributed by atoms with Gasteiger partial charge >= 0.3 is 0 Å². The van der Waals surface area contributed by atoms with Gasteiger partial charge in [0.1, 0.15) is 11.5 Å². The summed E-state index contributed by atoms with van der Waals surface area (Å²) in [7, 11) is 0. The van der Waals surface area contributed by atoms with Gasteiger partial charge in [-0.05, 0) is 6.54 Å². The molecule has 0 spiro atoms. The summed E-state index contributed by atoms with van der Waals surface area (Å²) >= 11 is 0. The van der Waals surface area contributed by atoms with E-state index < -0.39 is 0 Å². The van der Waals surface area contributed by atoms with Crippen molar-refractivity contribution < 1.29 is 0 Å². The lowest BCUT2D eigenvalue weighted by Crippen LogP contribution is -2.25. The van der Waals surface area contributed by atoms with E-state index >= 15 is 0 Å². The smallest absolute Gasteiger partial charge is 0.150 e. The fourth-order valence-corrected chi connectivity index (χ4v) is 2.68. The second kappa shape index (κ2) is 5.59. The monoisotopic (exact) mass is 268 g/mol. The van der Waals surface area contributed by atoms with Crippen molar-refractivity contribution in [1.82, 2.24) is 14.9 Å². The van der Waals surface area contributed by atoms with Crippen LogP contribution in [0.5, 0.6) is 0 Å². The van der Waals surface area contributed by atoms with Crippen LogP contribution in [0, 0.1) is 0 Å². The Labute approximate surface area is 119 Å². The molecule has 0 saturated carbocycles. The van der Waals surface area contributed by atoms with Crippen LogP contribution >= 0.6 is 0 Å². The average Bonchev–Trinajstić information content (AvgIpc) is 2.69. The first-order valence-electron chi connectivity index (χ1n) is 7.21. The number of hydrogen-bond acceptors (Lipinski definition) is 4. The van der Waals surface area contributed by atoms with Crippen molar-refractivity contribution >= 4 is 5.82 Å². The van der Waals surface area contributed by atoms with E-state index in [1.165, 1.54) is 0 Å². The number of rotatable bonds is 2. The molecule has 0 saturated heterocycles. The Morgan fingerprint density at radius 3 is 2.35 bits per heavy atom. The zero-order valence-electron chi connectivity index (χ0n) is 11.8. The number of nitrogens with two attached hydrogens (primary N) is 1. The molecule has 1 aliphatic rings. The number of aromatic nitrogens is 2. The summed E-state index contributed by atoms with van der Waals surface area (Å²) in [5, 5.41) is 0. The molecular weight excluding hydrogens is 248 g/mol. The van der Waals surface area contributed by atoms with E-state index in [-0.39, 0.29) is 0 Å². The van der Waals surface area contributed by atoms with Crippen LogP contribution in [0.25, 0.3) is 11.3 Å². The van der Waals surface area contributed by atoms with E-state index in [1.807, 2.05) is 30.3 Å². The number of fused-ring (bicyclic) bond motifs is 1. The van der Waals surface area contributed by atoms with Crippen molar-refractivity contribution in [3.8, 4) is 11.3 Å². The van der Waals surface area contributed by atoms with E-state index in [1.54, 1.807) is 0 Å². The molecule has 2 heterocycles. The standard InChI is InChI=1S/C16H20N4/c1-2-20-10-8-13-14(9-11-20)19-16(17)15(18-13)12-6-4-3-5-7-12/h3-7H,2,8-11H2,1H3,(H2,17,19). The van der Waals surface area contributed by atoms with Crippen molar-refractivity contribution in [2.45, 2.75) is 19.8 Å². The maximum atomic E-state index is 6.11. The predicted octanol–water partition coefficient (Wildman–Crippen LogP) is 2.15. The zero-order valence-corrected chi connectivity index (χ0v) is 11.8. The fourth-order valence-electron chi connectivity index (χ4n) is 2.68. The molecule has 1 aromatic carbocycles. The first-order valence-corrected chi connectivity index (χ1v) is 7.21. The van der Waals surface area contributed by atoms with Gasteiger partial charge in [-0.25, -0.2) is 9.97 Å². The topological polar surface area (TPSA) is 55.0 Å². The summed E-state index contributed by atoms with van der Waals surface area (Å²) < 4.78 is 0. The van der Waals surface area contributed by atoms with Crippen LogP contribution in [0.4, 0.5) is 5.82 Å². The summed E-state index contributed by atoms with van der Waals surface area (Å²) in [6, 6.07) is 10.1. The van der Waals surface area contributed by atoms with Gasteiger partial charge in [0.15, 0.2) is 0 Å².